The zero-order chi connectivity index (χ0) is 14.8. The summed E-state index contributed by atoms with van der Waals surface area (Å²) in [6, 6.07) is 12.6. The minimum atomic E-state index is -0.154. The highest BCUT2D eigenvalue weighted by molar-refractivity contribution is 6.31. The second kappa shape index (κ2) is 5.54. The molecule has 0 aliphatic rings. The van der Waals surface area contributed by atoms with Crippen molar-refractivity contribution in [1.82, 2.24) is 4.98 Å². The van der Waals surface area contributed by atoms with Crippen LogP contribution in [0.4, 0.5) is 0 Å². The smallest absolute Gasteiger partial charge is 0.198 e. The molecule has 3 aromatic rings. The first-order chi connectivity index (χ1) is 10.2. The summed E-state index contributed by atoms with van der Waals surface area (Å²) in [5.41, 5.74) is 0.969. The fraction of sp³-hybridized carbons (Fsp3) is 0.0588. The van der Waals surface area contributed by atoms with Crippen molar-refractivity contribution in [2.75, 3.05) is 7.11 Å². The summed E-state index contributed by atoms with van der Waals surface area (Å²) >= 11 is 6.00. The van der Waals surface area contributed by atoms with Gasteiger partial charge in [-0.15, -0.1) is 0 Å². The number of ketones is 1. The summed E-state index contributed by atoms with van der Waals surface area (Å²) in [6.45, 7) is 0. The van der Waals surface area contributed by atoms with Crippen molar-refractivity contribution in [2.24, 2.45) is 0 Å². The summed E-state index contributed by atoms with van der Waals surface area (Å²) in [4.78, 5) is 17.0. The molecule has 0 amide bonds. The molecule has 0 atom stereocenters. The fourth-order valence-electron chi connectivity index (χ4n) is 2.30. The van der Waals surface area contributed by atoms with Gasteiger partial charge in [0.15, 0.2) is 5.78 Å². The van der Waals surface area contributed by atoms with Crippen LogP contribution in [-0.4, -0.2) is 17.9 Å². The number of aromatic nitrogens is 1. The summed E-state index contributed by atoms with van der Waals surface area (Å²) in [6.07, 6.45) is 3.31. The van der Waals surface area contributed by atoms with E-state index >= 15 is 0 Å². The van der Waals surface area contributed by atoms with E-state index in [0.29, 0.717) is 21.9 Å². The Morgan fingerprint density at radius 1 is 1.10 bits per heavy atom. The molecule has 21 heavy (non-hydrogen) atoms. The number of methoxy groups -OCH3 is 1. The van der Waals surface area contributed by atoms with E-state index in [0.717, 1.165) is 10.8 Å². The van der Waals surface area contributed by atoms with Crippen molar-refractivity contribution < 1.29 is 9.53 Å². The number of ether oxygens (including phenoxy) is 1. The molecule has 0 spiro atoms. The van der Waals surface area contributed by atoms with Crippen LogP contribution in [0, 0.1) is 0 Å². The molecule has 0 aliphatic heterocycles. The quantitative estimate of drug-likeness (QED) is 0.682. The minimum Gasteiger partial charge on any atom is -0.496 e. The molecule has 0 fully saturated rings. The summed E-state index contributed by atoms with van der Waals surface area (Å²) in [5.74, 6) is 0.344. The van der Waals surface area contributed by atoms with Gasteiger partial charge in [0.25, 0.3) is 0 Å². The minimum absolute atomic E-state index is 0.154. The lowest BCUT2D eigenvalue weighted by Crippen LogP contribution is -2.05. The third-order valence-electron chi connectivity index (χ3n) is 3.32. The van der Waals surface area contributed by atoms with E-state index in [2.05, 4.69) is 4.98 Å². The van der Waals surface area contributed by atoms with E-state index in [1.165, 1.54) is 7.11 Å². The van der Waals surface area contributed by atoms with E-state index in [1.54, 1.807) is 30.6 Å². The number of pyridine rings is 1. The molecule has 0 radical (unpaired) electrons. The van der Waals surface area contributed by atoms with E-state index in [9.17, 15) is 4.79 Å². The molecule has 1 aromatic heterocycles. The molecule has 2 aromatic carbocycles. The number of hydrogen-bond donors (Lipinski definition) is 0. The Bertz CT molecular complexity index is 825. The summed E-state index contributed by atoms with van der Waals surface area (Å²) in [7, 11) is 1.53. The molecule has 3 rings (SSSR count). The Balaban J connectivity index is 2.20. The van der Waals surface area contributed by atoms with Crippen LogP contribution in [0.25, 0.3) is 10.8 Å². The Morgan fingerprint density at radius 2 is 1.90 bits per heavy atom. The van der Waals surface area contributed by atoms with E-state index in [-0.39, 0.29) is 5.78 Å². The molecular weight excluding hydrogens is 286 g/mol. The fourth-order valence-corrected chi connectivity index (χ4v) is 2.47. The lowest BCUT2D eigenvalue weighted by atomic mass is 9.99. The largest absolute Gasteiger partial charge is 0.496 e. The zero-order valence-corrected chi connectivity index (χ0v) is 12.1. The maximum atomic E-state index is 12.8. The maximum Gasteiger partial charge on any atom is 0.198 e. The molecule has 3 nitrogen and oxygen atoms in total. The van der Waals surface area contributed by atoms with Crippen molar-refractivity contribution >= 4 is 28.2 Å². The molecule has 0 saturated carbocycles. The highest BCUT2D eigenvalue weighted by Crippen LogP contribution is 2.27. The standard InChI is InChI=1S/C17H12ClNO2/c1-21-16-7-6-12(18)8-14(16)17(20)15-10-19-9-11-4-2-3-5-13(11)15/h2-10H,1H3. The summed E-state index contributed by atoms with van der Waals surface area (Å²) in [5, 5.41) is 2.27. The van der Waals surface area contributed by atoms with Gasteiger partial charge in [0, 0.05) is 28.4 Å². The Hall–Kier alpha value is -2.39. The zero-order valence-electron chi connectivity index (χ0n) is 11.3. The molecular formula is C17H12ClNO2. The summed E-state index contributed by atoms with van der Waals surface area (Å²) < 4.78 is 5.26. The lowest BCUT2D eigenvalue weighted by molar-refractivity contribution is 0.103. The van der Waals surface area contributed by atoms with Gasteiger partial charge in [0.1, 0.15) is 5.75 Å². The van der Waals surface area contributed by atoms with Gasteiger partial charge in [-0.3, -0.25) is 9.78 Å². The highest BCUT2D eigenvalue weighted by Gasteiger charge is 2.17. The lowest BCUT2D eigenvalue weighted by Gasteiger charge is -2.09. The SMILES string of the molecule is COc1ccc(Cl)cc1C(=O)c1cncc2ccccc12. The highest BCUT2D eigenvalue weighted by atomic mass is 35.5. The molecule has 0 N–H and O–H groups in total. The van der Waals surface area contributed by atoms with Crippen LogP contribution in [0.3, 0.4) is 0 Å². The van der Waals surface area contributed by atoms with Gasteiger partial charge in [0.2, 0.25) is 0 Å². The number of carbonyl (C=O) groups excluding carboxylic acids is 1. The number of halogens is 1. The average molecular weight is 298 g/mol. The number of nitrogens with zero attached hydrogens (tertiary/aromatic N) is 1. The first-order valence-electron chi connectivity index (χ1n) is 6.41. The molecule has 0 saturated heterocycles. The van der Waals surface area contributed by atoms with Crippen molar-refractivity contribution in [3.63, 3.8) is 0 Å². The molecule has 0 bridgehead atoms. The number of fused-ring (bicyclic) bond motifs is 1. The second-order valence-electron chi connectivity index (χ2n) is 4.58. The molecule has 104 valence electrons. The van der Waals surface area contributed by atoms with Gasteiger partial charge in [-0.05, 0) is 23.6 Å². The third-order valence-corrected chi connectivity index (χ3v) is 3.55. The maximum absolute atomic E-state index is 12.8. The van der Waals surface area contributed by atoms with Gasteiger partial charge in [0.05, 0.1) is 12.7 Å². The van der Waals surface area contributed by atoms with Gasteiger partial charge in [-0.25, -0.2) is 0 Å². The van der Waals surface area contributed by atoms with Gasteiger partial charge >= 0.3 is 0 Å². The Kier molecular flexibility index (Phi) is 3.59. The van der Waals surface area contributed by atoms with Crippen molar-refractivity contribution in [2.45, 2.75) is 0 Å². The monoisotopic (exact) mass is 297 g/mol. The number of rotatable bonds is 3. The predicted octanol–water partition coefficient (Wildman–Crippen LogP) is 4.13. The normalized spacial score (nSPS) is 10.6. The Labute approximate surface area is 127 Å². The van der Waals surface area contributed by atoms with E-state index in [1.807, 2.05) is 24.3 Å². The van der Waals surface area contributed by atoms with Crippen LogP contribution in [0.15, 0.2) is 54.9 Å². The topological polar surface area (TPSA) is 39.2 Å². The third kappa shape index (κ3) is 2.48. The number of hydrogen-bond acceptors (Lipinski definition) is 3. The van der Waals surface area contributed by atoms with Crippen molar-refractivity contribution in [3.05, 3.63) is 71.0 Å². The van der Waals surface area contributed by atoms with Crippen molar-refractivity contribution in [1.29, 1.82) is 0 Å². The van der Waals surface area contributed by atoms with Gasteiger partial charge < -0.3 is 4.74 Å². The average Bonchev–Trinajstić information content (AvgIpc) is 2.53. The Morgan fingerprint density at radius 3 is 2.71 bits per heavy atom. The van der Waals surface area contributed by atoms with Crippen LogP contribution in [0.1, 0.15) is 15.9 Å². The number of benzene rings is 2. The van der Waals surface area contributed by atoms with Gasteiger partial charge in [-0.2, -0.15) is 0 Å². The molecule has 1 heterocycles. The first-order valence-corrected chi connectivity index (χ1v) is 6.79. The molecule has 0 aliphatic carbocycles. The van der Waals surface area contributed by atoms with Crippen LogP contribution >= 0.6 is 11.6 Å². The molecule has 0 unspecified atom stereocenters. The van der Waals surface area contributed by atoms with Crippen LogP contribution in [-0.2, 0) is 0 Å². The van der Waals surface area contributed by atoms with Crippen molar-refractivity contribution in [3.8, 4) is 5.75 Å². The predicted molar refractivity (Wildman–Crippen MR) is 83.2 cm³/mol. The van der Waals surface area contributed by atoms with Crippen LogP contribution in [0.2, 0.25) is 5.02 Å². The van der Waals surface area contributed by atoms with E-state index in [4.69, 9.17) is 16.3 Å². The second-order valence-corrected chi connectivity index (χ2v) is 5.02. The number of carbonyl (C=O) groups is 1. The van der Waals surface area contributed by atoms with Crippen LogP contribution < -0.4 is 4.74 Å². The van der Waals surface area contributed by atoms with E-state index < -0.39 is 0 Å². The van der Waals surface area contributed by atoms with Gasteiger partial charge in [-0.1, -0.05) is 35.9 Å². The van der Waals surface area contributed by atoms with Crippen LogP contribution in [0.5, 0.6) is 5.75 Å². The molecule has 4 heteroatoms. The first kappa shape index (κ1) is 13.6.